The zero-order valence-electron chi connectivity index (χ0n) is 14.0. The number of aromatic nitrogens is 1. The Morgan fingerprint density at radius 2 is 1.84 bits per heavy atom. The molecule has 0 bridgehead atoms. The number of hydrogen-bond donors (Lipinski definition) is 2. The highest BCUT2D eigenvalue weighted by atomic mass is 19.4. The van der Waals surface area contributed by atoms with E-state index < -0.39 is 11.7 Å². The molecule has 0 aliphatic heterocycles. The lowest BCUT2D eigenvalue weighted by atomic mass is 10.1. The first kappa shape index (κ1) is 18.8. The first-order chi connectivity index (χ1) is 11.8. The van der Waals surface area contributed by atoms with Crippen molar-refractivity contribution in [3.8, 4) is 0 Å². The summed E-state index contributed by atoms with van der Waals surface area (Å²) in [4.78, 5) is 16.2. The van der Waals surface area contributed by atoms with E-state index in [2.05, 4.69) is 29.5 Å². The lowest BCUT2D eigenvalue weighted by Crippen LogP contribution is -2.25. The maximum Gasteiger partial charge on any atom is 0.416 e. The Morgan fingerprint density at radius 3 is 2.44 bits per heavy atom. The standard InChI is InChI=1S/C18H20F3N3O/c1-12(2)7-9-23-17(25)13-8-10-22-16(11-13)24-15-5-3-14(4-6-15)18(19,20)21/h3-6,8,10-12H,7,9H2,1-2H3,(H,22,24)(H,23,25). The maximum absolute atomic E-state index is 12.6. The van der Waals surface area contributed by atoms with Crippen molar-refractivity contribution in [3.05, 3.63) is 53.7 Å². The number of amides is 1. The van der Waals surface area contributed by atoms with Crippen LogP contribution in [0.4, 0.5) is 24.7 Å². The summed E-state index contributed by atoms with van der Waals surface area (Å²) in [6.07, 6.45) is -2.01. The molecule has 2 N–H and O–H groups in total. The second kappa shape index (κ2) is 8.00. The van der Waals surface area contributed by atoms with Gasteiger partial charge in [0, 0.05) is 24.0 Å². The number of alkyl halides is 3. The van der Waals surface area contributed by atoms with Crippen molar-refractivity contribution in [1.82, 2.24) is 10.3 Å². The number of halogens is 3. The molecule has 0 fully saturated rings. The Bertz CT molecular complexity index is 712. The van der Waals surface area contributed by atoms with Gasteiger partial charge in [-0.3, -0.25) is 4.79 Å². The Labute approximate surface area is 144 Å². The van der Waals surface area contributed by atoms with E-state index in [1.165, 1.54) is 18.3 Å². The second-order valence-corrected chi connectivity index (χ2v) is 6.07. The molecule has 4 nitrogen and oxygen atoms in total. The van der Waals surface area contributed by atoms with Crippen molar-refractivity contribution < 1.29 is 18.0 Å². The molecule has 0 aliphatic carbocycles. The van der Waals surface area contributed by atoms with Crippen LogP contribution in [0.25, 0.3) is 0 Å². The molecule has 0 atom stereocenters. The number of hydrogen-bond acceptors (Lipinski definition) is 3. The van der Waals surface area contributed by atoms with E-state index in [1.807, 2.05) is 0 Å². The highest BCUT2D eigenvalue weighted by Crippen LogP contribution is 2.30. The fourth-order valence-electron chi connectivity index (χ4n) is 2.11. The molecule has 0 aliphatic rings. The van der Waals surface area contributed by atoms with Gasteiger partial charge in [-0.1, -0.05) is 13.8 Å². The number of carbonyl (C=O) groups is 1. The average Bonchev–Trinajstić information content (AvgIpc) is 2.54. The third-order valence-corrected chi connectivity index (χ3v) is 3.51. The summed E-state index contributed by atoms with van der Waals surface area (Å²) in [5.74, 6) is 0.671. The summed E-state index contributed by atoms with van der Waals surface area (Å²) in [5, 5.41) is 5.72. The van der Waals surface area contributed by atoms with Gasteiger partial charge in [0.1, 0.15) is 5.82 Å². The van der Waals surface area contributed by atoms with Gasteiger partial charge >= 0.3 is 6.18 Å². The number of rotatable bonds is 6. The van der Waals surface area contributed by atoms with Crippen LogP contribution >= 0.6 is 0 Å². The average molecular weight is 351 g/mol. The number of anilines is 2. The van der Waals surface area contributed by atoms with Crippen LogP contribution in [-0.4, -0.2) is 17.4 Å². The van der Waals surface area contributed by atoms with Gasteiger partial charge in [0.25, 0.3) is 5.91 Å². The van der Waals surface area contributed by atoms with Gasteiger partial charge in [-0.05, 0) is 48.7 Å². The van der Waals surface area contributed by atoms with E-state index in [9.17, 15) is 18.0 Å². The molecule has 1 aromatic heterocycles. The molecule has 7 heteroatoms. The number of pyridine rings is 1. The first-order valence-corrected chi connectivity index (χ1v) is 7.94. The molecule has 0 saturated heterocycles. The van der Waals surface area contributed by atoms with Crippen LogP contribution < -0.4 is 10.6 Å². The summed E-state index contributed by atoms with van der Waals surface area (Å²) in [6, 6.07) is 7.76. The van der Waals surface area contributed by atoms with E-state index in [0.717, 1.165) is 18.6 Å². The summed E-state index contributed by atoms with van der Waals surface area (Å²) in [5.41, 5.74) is 0.176. The van der Waals surface area contributed by atoms with Gasteiger partial charge < -0.3 is 10.6 Å². The van der Waals surface area contributed by atoms with Crippen molar-refractivity contribution in [2.75, 3.05) is 11.9 Å². The normalized spacial score (nSPS) is 11.4. The predicted octanol–water partition coefficient (Wildman–Crippen LogP) is 4.62. The fourth-order valence-corrected chi connectivity index (χ4v) is 2.11. The van der Waals surface area contributed by atoms with Gasteiger partial charge in [0.2, 0.25) is 0 Å². The SMILES string of the molecule is CC(C)CCNC(=O)c1ccnc(Nc2ccc(C(F)(F)F)cc2)c1. The Hall–Kier alpha value is -2.57. The van der Waals surface area contributed by atoms with Crippen molar-refractivity contribution in [1.29, 1.82) is 0 Å². The molecule has 1 heterocycles. The highest BCUT2D eigenvalue weighted by molar-refractivity contribution is 5.94. The topological polar surface area (TPSA) is 54.0 Å². The fraction of sp³-hybridized carbons (Fsp3) is 0.333. The molecule has 0 spiro atoms. The zero-order chi connectivity index (χ0) is 18.4. The van der Waals surface area contributed by atoms with Crippen LogP contribution in [0.1, 0.15) is 36.2 Å². The predicted molar refractivity (Wildman–Crippen MR) is 90.8 cm³/mol. The van der Waals surface area contributed by atoms with Crippen molar-refractivity contribution in [2.24, 2.45) is 5.92 Å². The summed E-state index contributed by atoms with van der Waals surface area (Å²) < 4.78 is 37.7. The smallest absolute Gasteiger partial charge is 0.352 e. The monoisotopic (exact) mass is 351 g/mol. The van der Waals surface area contributed by atoms with Crippen LogP contribution in [-0.2, 0) is 6.18 Å². The summed E-state index contributed by atoms with van der Waals surface area (Å²) in [6.45, 7) is 4.73. The Balaban J connectivity index is 2.02. The molecule has 2 aromatic rings. The molecule has 0 unspecified atom stereocenters. The molecule has 2 rings (SSSR count). The van der Waals surface area contributed by atoms with Crippen LogP contribution in [0.2, 0.25) is 0 Å². The Kier molecular flexibility index (Phi) is 6.01. The number of nitrogens with zero attached hydrogens (tertiary/aromatic N) is 1. The lowest BCUT2D eigenvalue weighted by Gasteiger charge is -2.10. The number of nitrogens with one attached hydrogen (secondary N) is 2. The van der Waals surface area contributed by atoms with Crippen molar-refractivity contribution in [3.63, 3.8) is 0 Å². The minimum Gasteiger partial charge on any atom is -0.352 e. The summed E-state index contributed by atoms with van der Waals surface area (Å²) >= 11 is 0. The third kappa shape index (κ3) is 5.77. The highest BCUT2D eigenvalue weighted by Gasteiger charge is 2.29. The quantitative estimate of drug-likeness (QED) is 0.798. The first-order valence-electron chi connectivity index (χ1n) is 7.94. The maximum atomic E-state index is 12.6. The molecule has 0 saturated carbocycles. The molecule has 1 aromatic carbocycles. The van der Waals surface area contributed by atoms with Crippen LogP contribution in [0, 0.1) is 5.92 Å². The minimum absolute atomic E-state index is 0.210. The van der Waals surface area contributed by atoms with Gasteiger partial charge in [0.05, 0.1) is 5.56 Å². The number of carbonyl (C=O) groups excluding carboxylic acids is 1. The van der Waals surface area contributed by atoms with E-state index in [0.29, 0.717) is 29.5 Å². The van der Waals surface area contributed by atoms with Crippen LogP contribution in [0.5, 0.6) is 0 Å². The van der Waals surface area contributed by atoms with Gasteiger partial charge in [-0.2, -0.15) is 13.2 Å². The third-order valence-electron chi connectivity index (χ3n) is 3.51. The van der Waals surface area contributed by atoms with E-state index in [-0.39, 0.29) is 5.91 Å². The van der Waals surface area contributed by atoms with E-state index in [4.69, 9.17) is 0 Å². The summed E-state index contributed by atoms with van der Waals surface area (Å²) in [7, 11) is 0. The molecular formula is C18H20F3N3O. The zero-order valence-corrected chi connectivity index (χ0v) is 14.0. The number of benzene rings is 1. The lowest BCUT2D eigenvalue weighted by molar-refractivity contribution is -0.137. The molecule has 134 valence electrons. The molecule has 1 amide bonds. The van der Waals surface area contributed by atoms with Crippen LogP contribution in [0.3, 0.4) is 0 Å². The Morgan fingerprint density at radius 1 is 1.16 bits per heavy atom. The molecule has 25 heavy (non-hydrogen) atoms. The molecule has 0 radical (unpaired) electrons. The van der Waals surface area contributed by atoms with Crippen LogP contribution in [0.15, 0.2) is 42.6 Å². The van der Waals surface area contributed by atoms with E-state index in [1.54, 1.807) is 12.1 Å². The van der Waals surface area contributed by atoms with Gasteiger partial charge in [0.15, 0.2) is 0 Å². The van der Waals surface area contributed by atoms with Gasteiger partial charge in [-0.25, -0.2) is 4.98 Å². The van der Waals surface area contributed by atoms with Crippen molar-refractivity contribution in [2.45, 2.75) is 26.4 Å². The van der Waals surface area contributed by atoms with Crippen molar-refractivity contribution >= 4 is 17.4 Å². The second-order valence-electron chi connectivity index (χ2n) is 6.07. The largest absolute Gasteiger partial charge is 0.416 e. The van der Waals surface area contributed by atoms with E-state index >= 15 is 0 Å². The minimum atomic E-state index is -4.37. The molecular weight excluding hydrogens is 331 g/mol. The van der Waals surface area contributed by atoms with Gasteiger partial charge in [-0.15, -0.1) is 0 Å².